The molecule has 0 aliphatic heterocycles. The summed E-state index contributed by atoms with van der Waals surface area (Å²) in [6, 6.07) is 0. The van der Waals surface area contributed by atoms with E-state index in [1.807, 2.05) is 0 Å². The summed E-state index contributed by atoms with van der Waals surface area (Å²) in [5, 5.41) is 9.71. The molecule has 0 aromatic carbocycles. The zero-order chi connectivity index (χ0) is 22.7. The van der Waals surface area contributed by atoms with Crippen molar-refractivity contribution in [3.05, 3.63) is 23.0 Å². The average molecular weight is 433 g/mol. The highest BCUT2D eigenvalue weighted by Gasteiger charge is 2.24. The van der Waals surface area contributed by atoms with Gasteiger partial charge in [0.05, 0.1) is 0 Å². The van der Waals surface area contributed by atoms with Crippen molar-refractivity contribution in [3.8, 4) is 0 Å². The lowest BCUT2D eigenvalue weighted by atomic mass is 9.92. The van der Waals surface area contributed by atoms with Crippen molar-refractivity contribution in [2.45, 2.75) is 142 Å². The molecule has 0 fully saturated rings. The van der Waals surface area contributed by atoms with Crippen LogP contribution in [0.3, 0.4) is 0 Å². The number of hydrogen-bond donors (Lipinski definition) is 1. The Hall–Kier alpha value is -1.38. The molecule has 0 saturated carbocycles. The van der Waals surface area contributed by atoms with E-state index in [0.29, 0.717) is 12.0 Å². The summed E-state index contributed by atoms with van der Waals surface area (Å²) in [6.07, 6.45) is 27.5. The molecule has 0 amide bonds. The van der Waals surface area contributed by atoms with Gasteiger partial charge in [-0.15, -0.1) is 0 Å². The van der Waals surface area contributed by atoms with Crippen molar-refractivity contribution in [1.82, 2.24) is 0 Å². The Morgan fingerprint density at radius 3 is 1.35 bits per heavy atom. The van der Waals surface area contributed by atoms with Gasteiger partial charge in [-0.3, -0.25) is 9.59 Å². The second-order valence-corrected chi connectivity index (χ2v) is 9.45. The fourth-order valence-corrected chi connectivity index (χ4v) is 4.35. The van der Waals surface area contributed by atoms with Gasteiger partial charge in [-0.2, -0.15) is 0 Å². The third-order valence-corrected chi connectivity index (χ3v) is 6.59. The van der Waals surface area contributed by atoms with E-state index in [1.165, 1.54) is 122 Å². The van der Waals surface area contributed by atoms with Gasteiger partial charge in [0.15, 0.2) is 11.5 Å². The summed E-state index contributed by atoms with van der Waals surface area (Å²) in [4.78, 5) is 23.7. The molecule has 31 heavy (non-hydrogen) atoms. The van der Waals surface area contributed by atoms with Gasteiger partial charge in [0.25, 0.3) is 0 Å². The van der Waals surface area contributed by atoms with Crippen LogP contribution in [0.1, 0.15) is 142 Å². The molecule has 1 rings (SSSR count). The first-order chi connectivity index (χ1) is 15.1. The van der Waals surface area contributed by atoms with Gasteiger partial charge in [-0.1, -0.05) is 122 Å². The first-order valence-corrected chi connectivity index (χ1v) is 13.3. The smallest absolute Gasteiger partial charge is 0.223 e. The van der Waals surface area contributed by atoms with E-state index in [2.05, 4.69) is 6.92 Å². The van der Waals surface area contributed by atoms with Crippen molar-refractivity contribution in [2.24, 2.45) is 0 Å². The molecular weight excluding hydrogens is 384 g/mol. The molecule has 3 nitrogen and oxygen atoms in total. The van der Waals surface area contributed by atoms with E-state index < -0.39 is 0 Å². The van der Waals surface area contributed by atoms with Crippen LogP contribution in [-0.2, 0) is 9.59 Å². The van der Waals surface area contributed by atoms with E-state index in [-0.39, 0.29) is 22.9 Å². The molecule has 1 aliphatic carbocycles. The molecule has 1 aliphatic rings. The Morgan fingerprint density at radius 2 is 0.968 bits per heavy atom. The Kier molecular flexibility index (Phi) is 16.3. The zero-order valence-electron chi connectivity index (χ0n) is 20.5. The number of aliphatic hydroxyl groups is 1. The molecular formula is C28H48O3. The average Bonchev–Trinajstić information content (AvgIpc) is 2.77. The van der Waals surface area contributed by atoms with Crippen molar-refractivity contribution < 1.29 is 14.7 Å². The van der Waals surface area contributed by atoms with Crippen molar-refractivity contribution in [3.63, 3.8) is 0 Å². The standard InChI is InChI=1S/C28H48O3/c1-3-4-5-6-7-8-9-10-11-12-13-14-15-16-17-18-19-20-21-22-25-23-26(29)24(2)27(30)28(25)31/h23,30H,3-22H2,1-2H3. The number of allylic oxidation sites excluding steroid dienone is 3. The minimum Gasteiger partial charge on any atom is -0.504 e. The number of hydrogen-bond acceptors (Lipinski definition) is 3. The summed E-state index contributed by atoms with van der Waals surface area (Å²) in [6.45, 7) is 3.78. The second-order valence-electron chi connectivity index (χ2n) is 9.45. The molecule has 3 heteroatoms. The van der Waals surface area contributed by atoms with Crippen LogP contribution in [0.4, 0.5) is 0 Å². The molecule has 178 valence electrons. The molecule has 0 radical (unpaired) electrons. The lowest BCUT2D eigenvalue weighted by Gasteiger charge is -2.12. The van der Waals surface area contributed by atoms with Gasteiger partial charge in [0, 0.05) is 11.1 Å². The van der Waals surface area contributed by atoms with Crippen LogP contribution in [-0.4, -0.2) is 16.7 Å². The largest absolute Gasteiger partial charge is 0.504 e. The predicted octanol–water partition coefficient (Wildman–Crippen LogP) is 8.72. The lowest BCUT2D eigenvalue weighted by Crippen LogP contribution is -2.17. The van der Waals surface area contributed by atoms with E-state index in [1.54, 1.807) is 0 Å². The lowest BCUT2D eigenvalue weighted by molar-refractivity contribution is -0.118. The van der Waals surface area contributed by atoms with Crippen LogP contribution in [0, 0.1) is 0 Å². The molecule has 0 unspecified atom stereocenters. The van der Waals surface area contributed by atoms with Gasteiger partial charge in [0.2, 0.25) is 5.78 Å². The summed E-state index contributed by atoms with van der Waals surface area (Å²) in [5.41, 5.74) is 0.641. The quantitative estimate of drug-likeness (QED) is 0.154. The monoisotopic (exact) mass is 432 g/mol. The third-order valence-electron chi connectivity index (χ3n) is 6.59. The maximum atomic E-state index is 12.0. The van der Waals surface area contributed by atoms with Crippen LogP contribution in [0.5, 0.6) is 0 Å². The second kappa shape index (κ2) is 18.2. The summed E-state index contributed by atoms with van der Waals surface area (Å²) in [7, 11) is 0. The van der Waals surface area contributed by atoms with Crippen molar-refractivity contribution >= 4 is 11.6 Å². The summed E-state index contributed by atoms with van der Waals surface area (Å²) >= 11 is 0. The molecule has 0 heterocycles. The van der Waals surface area contributed by atoms with Gasteiger partial charge in [-0.05, 0) is 25.8 Å². The van der Waals surface area contributed by atoms with Crippen LogP contribution >= 0.6 is 0 Å². The minimum atomic E-state index is -0.362. The molecule has 1 N–H and O–H groups in total. The number of carbonyl (C=O) groups is 2. The Balaban J connectivity index is 1.82. The highest BCUT2D eigenvalue weighted by atomic mass is 16.3. The first kappa shape index (κ1) is 27.7. The topological polar surface area (TPSA) is 54.4 Å². The number of carbonyl (C=O) groups excluding carboxylic acids is 2. The van der Waals surface area contributed by atoms with Crippen LogP contribution in [0.15, 0.2) is 23.0 Å². The predicted molar refractivity (Wildman–Crippen MR) is 131 cm³/mol. The fraction of sp³-hybridized carbons (Fsp3) is 0.786. The SMILES string of the molecule is CCCCCCCCCCCCCCCCCCCCCC1=CC(=O)C(C)=C(O)C1=O. The molecule has 0 saturated heterocycles. The molecule has 0 bridgehead atoms. The molecule has 0 atom stereocenters. The number of rotatable bonds is 20. The zero-order valence-corrected chi connectivity index (χ0v) is 20.5. The van der Waals surface area contributed by atoms with Gasteiger partial charge in [0.1, 0.15) is 0 Å². The van der Waals surface area contributed by atoms with Crippen molar-refractivity contribution in [1.29, 1.82) is 0 Å². The summed E-state index contributed by atoms with van der Waals surface area (Å²) < 4.78 is 0. The van der Waals surface area contributed by atoms with Gasteiger partial charge < -0.3 is 5.11 Å². The number of aliphatic hydroxyl groups excluding tert-OH is 1. The minimum absolute atomic E-state index is 0.168. The normalized spacial score (nSPS) is 14.5. The Bertz CT molecular complexity index is 571. The number of unbranched alkanes of at least 4 members (excludes halogenated alkanes) is 18. The van der Waals surface area contributed by atoms with Crippen LogP contribution in [0.25, 0.3) is 0 Å². The number of Topliss-reactive ketones (excluding diaryl/α,β-unsaturated/α-hetero) is 1. The molecule has 0 spiro atoms. The maximum absolute atomic E-state index is 12.0. The Labute approximate surface area is 191 Å². The van der Waals surface area contributed by atoms with Crippen LogP contribution < -0.4 is 0 Å². The first-order valence-electron chi connectivity index (χ1n) is 13.3. The molecule has 0 aromatic heterocycles. The van der Waals surface area contributed by atoms with E-state index in [0.717, 1.165) is 12.8 Å². The maximum Gasteiger partial charge on any atom is 0.223 e. The summed E-state index contributed by atoms with van der Waals surface area (Å²) in [5.74, 6) is -0.954. The van der Waals surface area contributed by atoms with Crippen molar-refractivity contribution in [2.75, 3.05) is 0 Å². The van der Waals surface area contributed by atoms with E-state index in [4.69, 9.17) is 0 Å². The third kappa shape index (κ3) is 12.9. The molecule has 0 aromatic rings. The Morgan fingerprint density at radius 1 is 0.613 bits per heavy atom. The van der Waals surface area contributed by atoms with Gasteiger partial charge in [-0.25, -0.2) is 0 Å². The van der Waals surface area contributed by atoms with E-state index in [9.17, 15) is 14.7 Å². The van der Waals surface area contributed by atoms with E-state index >= 15 is 0 Å². The highest BCUT2D eigenvalue weighted by Crippen LogP contribution is 2.22. The van der Waals surface area contributed by atoms with Crippen LogP contribution in [0.2, 0.25) is 0 Å². The number of ketones is 2. The highest BCUT2D eigenvalue weighted by molar-refractivity contribution is 6.21. The fourth-order valence-electron chi connectivity index (χ4n) is 4.35. The van der Waals surface area contributed by atoms with Gasteiger partial charge >= 0.3 is 0 Å².